The molecule has 0 bridgehead atoms. The minimum atomic E-state index is -3.52. The number of sulfonamides is 1. The van der Waals surface area contributed by atoms with Crippen molar-refractivity contribution in [3.05, 3.63) is 28.5 Å². The summed E-state index contributed by atoms with van der Waals surface area (Å²) in [6.07, 6.45) is 3.82. The number of hydrogen-bond acceptors (Lipinski definition) is 3. The topological polar surface area (TPSA) is 58.2 Å². The summed E-state index contributed by atoms with van der Waals surface area (Å²) in [4.78, 5) is 0. The van der Waals surface area contributed by atoms with E-state index in [1.54, 1.807) is 0 Å². The summed E-state index contributed by atoms with van der Waals surface area (Å²) in [5.41, 5.74) is -0.0176. The molecule has 1 fully saturated rings. The van der Waals surface area contributed by atoms with Crippen LogP contribution in [-0.2, 0) is 10.0 Å². The van der Waals surface area contributed by atoms with Gasteiger partial charge in [-0.2, -0.15) is 0 Å². The Bertz CT molecular complexity index is 559. The van der Waals surface area contributed by atoms with Crippen LogP contribution in [0.4, 0.5) is 10.1 Å². The first-order valence-corrected chi connectivity index (χ1v) is 9.10. The lowest BCUT2D eigenvalue weighted by atomic mass is 10.0. The number of hydrogen-bond donors (Lipinski definition) is 2. The molecule has 0 aliphatic carbocycles. The molecular formula is C13H18BrFN2O2S. The molecular weight excluding hydrogens is 347 g/mol. The van der Waals surface area contributed by atoms with Crippen LogP contribution in [0.15, 0.2) is 22.7 Å². The van der Waals surface area contributed by atoms with Crippen LogP contribution in [0.1, 0.15) is 25.7 Å². The molecule has 2 rings (SSSR count). The zero-order chi connectivity index (χ0) is 14.6. The Hall–Kier alpha value is -0.660. The Morgan fingerprint density at radius 2 is 2.20 bits per heavy atom. The Balaban J connectivity index is 1.94. The highest BCUT2D eigenvalue weighted by molar-refractivity contribution is 9.10. The van der Waals surface area contributed by atoms with Gasteiger partial charge in [0.2, 0.25) is 10.0 Å². The Morgan fingerprint density at radius 1 is 1.40 bits per heavy atom. The second kappa shape index (κ2) is 6.87. The molecule has 4 nitrogen and oxygen atoms in total. The number of rotatable bonds is 5. The molecule has 1 aliphatic heterocycles. The first-order valence-electron chi connectivity index (χ1n) is 6.65. The van der Waals surface area contributed by atoms with E-state index >= 15 is 0 Å². The molecule has 1 heterocycles. The molecule has 1 atom stereocenters. The van der Waals surface area contributed by atoms with Crippen molar-refractivity contribution in [3.8, 4) is 0 Å². The van der Waals surface area contributed by atoms with Gasteiger partial charge in [-0.1, -0.05) is 22.4 Å². The predicted octanol–water partition coefficient (Wildman–Crippen LogP) is 2.86. The Morgan fingerprint density at radius 3 is 2.90 bits per heavy atom. The van der Waals surface area contributed by atoms with E-state index < -0.39 is 15.8 Å². The highest BCUT2D eigenvalue weighted by atomic mass is 79.9. The second-order valence-electron chi connectivity index (χ2n) is 4.98. The summed E-state index contributed by atoms with van der Waals surface area (Å²) >= 11 is 3.19. The lowest BCUT2D eigenvalue weighted by molar-refractivity contribution is 0.393. The average Bonchev–Trinajstić information content (AvgIpc) is 2.42. The molecule has 1 saturated heterocycles. The average molecular weight is 365 g/mol. The van der Waals surface area contributed by atoms with E-state index in [2.05, 4.69) is 26.0 Å². The van der Waals surface area contributed by atoms with E-state index in [9.17, 15) is 12.8 Å². The van der Waals surface area contributed by atoms with E-state index in [1.165, 1.54) is 18.2 Å². The lowest BCUT2D eigenvalue weighted by Crippen LogP contribution is -2.36. The van der Waals surface area contributed by atoms with Gasteiger partial charge >= 0.3 is 0 Å². The van der Waals surface area contributed by atoms with Crippen molar-refractivity contribution in [2.45, 2.75) is 31.7 Å². The molecule has 112 valence electrons. The minimum absolute atomic E-state index is 0.00335. The van der Waals surface area contributed by atoms with Crippen molar-refractivity contribution in [3.63, 3.8) is 0 Å². The maximum Gasteiger partial charge on any atom is 0.232 e. The molecule has 0 spiro atoms. The van der Waals surface area contributed by atoms with Gasteiger partial charge < -0.3 is 5.32 Å². The molecule has 1 aromatic carbocycles. The maximum absolute atomic E-state index is 13.5. The van der Waals surface area contributed by atoms with Crippen LogP contribution in [0.3, 0.4) is 0 Å². The van der Waals surface area contributed by atoms with Crippen LogP contribution in [0, 0.1) is 5.82 Å². The summed E-state index contributed by atoms with van der Waals surface area (Å²) in [5.74, 6) is -0.580. The summed E-state index contributed by atoms with van der Waals surface area (Å²) in [7, 11) is -3.52. The number of halogens is 2. The first-order chi connectivity index (χ1) is 9.46. The summed E-state index contributed by atoms with van der Waals surface area (Å²) in [6.45, 7) is 0.943. The fourth-order valence-electron chi connectivity index (χ4n) is 2.26. The van der Waals surface area contributed by atoms with Gasteiger partial charge in [-0.15, -0.1) is 0 Å². The molecule has 0 amide bonds. The van der Waals surface area contributed by atoms with Crippen LogP contribution in [0.25, 0.3) is 0 Å². The number of anilines is 1. The normalized spacial score (nSPS) is 19.8. The molecule has 1 aromatic rings. The van der Waals surface area contributed by atoms with Gasteiger partial charge in [-0.05, 0) is 44.0 Å². The number of benzene rings is 1. The van der Waals surface area contributed by atoms with Gasteiger partial charge in [0.1, 0.15) is 5.82 Å². The SMILES string of the molecule is O=S(=O)(CCC1CCCCN1)Nc1cc(Br)ccc1F. The molecule has 1 unspecified atom stereocenters. The van der Waals surface area contributed by atoms with Gasteiger partial charge in [0.25, 0.3) is 0 Å². The van der Waals surface area contributed by atoms with E-state index in [0.717, 1.165) is 25.8 Å². The van der Waals surface area contributed by atoms with Gasteiger partial charge in [0.15, 0.2) is 0 Å². The molecule has 0 radical (unpaired) electrons. The Labute approximate surface area is 127 Å². The van der Waals surface area contributed by atoms with Crippen LogP contribution in [0.2, 0.25) is 0 Å². The lowest BCUT2D eigenvalue weighted by Gasteiger charge is -2.23. The van der Waals surface area contributed by atoms with E-state index in [4.69, 9.17) is 0 Å². The van der Waals surface area contributed by atoms with Gasteiger partial charge in [0, 0.05) is 10.5 Å². The van der Waals surface area contributed by atoms with Crippen molar-refractivity contribution in [2.24, 2.45) is 0 Å². The Kier molecular flexibility index (Phi) is 5.40. The van der Waals surface area contributed by atoms with Crippen LogP contribution < -0.4 is 10.0 Å². The van der Waals surface area contributed by atoms with Gasteiger partial charge in [-0.3, -0.25) is 4.72 Å². The number of nitrogens with one attached hydrogen (secondary N) is 2. The van der Waals surface area contributed by atoms with E-state index in [0.29, 0.717) is 10.9 Å². The third kappa shape index (κ3) is 4.71. The third-order valence-electron chi connectivity index (χ3n) is 3.34. The highest BCUT2D eigenvalue weighted by Gasteiger charge is 2.18. The molecule has 0 aromatic heterocycles. The summed E-state index contributed by atoms with van der Waals surface area (Å²) in [6, 6.07) is 4.42. The quantitative estimate of drug-likeness (QED) is 0.844. The zero-order valence-electron chi connectivity index (χ0n) is 11.0. The van der Waals surface area contributed by atoms with Crippen molar-refractivity contribution < 1.29 is 12.8 Å². The largest absolute Gasteiger partial charge is 0.314 e. The first kappa shape index (κ1) is 15.7. The molecule has 20 heavy (non-hydrogen) atoms. The van der Waals surface area contributed by atoms with Crippen LogP contribution in [0.5, 0.6) is 0 Å². The predicted molar refractivity (Wildman–Crippen MR) is 81.8 cm³/mol. The monoisotopic (exact) mass is 364 g/mol. The van der Waals surface area contributed by atoms with E-state index in [-0.39, 0.29) is 17.5 Å². The van der Waals surface area contributed by atoms with Crippen LogP contribution >= 0.6 is 15.9 Å². The molecule has 1 aliphatic rings. The minimum Gasteiger partial charge on any atom is -0.314 e. The zero-order valence-corrected chi connectivity index (χ0v) is 13.4. The third-order valence-corrected chi connectivity index (χ3v) is 5.14. The van der Waals surface area contributed by atoms with Gasteiger partial charge in [-0.25, -0.2) is 12.8 Å². The molecule has 7 heteroatoms. The number of piperidine rings is 1. The molecule has 2 N–H and O–H groups in total. The fourth-order valence-corrected chi connectivity index (χ4v) is 3.81. The smallest absolute Gasteiger partial charge is 0.232 e. The molecule has 0 saturated carbocycles. The fraction of sp³-hybridized carbons (Fsp3) is 0.538. The maximum atomic E-state index is 13.5. The van der Waals surface area contributed by atoms with Crippen LogP contribution in [-0.4, -0.2) is 26.8 Å². The van der Waals surface area contributed by atoms with E-state index in [1.807, 2.05) is 0 Å². The van der Waals surface area contributed by atoms with Crippen molar-refractivity contribution in [2.75, 3.05) is 17.0 Å². The van der Waals surface area contributed by atoms with Crippen molar-refractivity contribution in [1.82, 2.24) is 5.32 Å². The highest BCUT2D eigenvalue weighted by Crippen LogP contribution is 2.21. The summed E-state index contributed by atoms with van der Waals surface area (Å²) < 4.78 is 40.4. The van der Waals surface area contributed by atoms with Gasteiger partial charge in [0.05, 0.1) is 11.4 Å². The second-order valence-corrected chi connectivity index (χ2v) is 7.74. The summed E-state index contributed by atoms with van der Waals surface area (Å²) in [5, 5.41) is 3.30. The van der Waals surface area contributed by atoms with Crippen molar-refractivity contribution in [1.29, 1.82) is 0 Å². The standard InChI is InChI=1S/C13H18BrFN2O2S/c14-10-4-5-12(15)13(9-10)17-20(18,19)8-6-11-3-1-2-7-16-11/h4-5,9,11,16-17H,1-3,6-8H2. The van der Waals surface area contributed by atoms with Crippen molar-refractivity contribution >= 4 is 31.6 Å².